The van der Waals surface area contributed by atoms with Crippen molar-refractivity contribution >= 4 is 40.6 Å². The summed E-state index contributed by atoms with van der Waals surface area (Å²) in [6.45, 7) is 4.50. The van der Waals surface area contributed by atoms with Crippen LogP contribution in [0.1, 0.15) is 32.8 Å². The molecule has 0 aliphatic carbocycles. The molecule has 4 unspecified atom stereocenters. The lowest BCUT2D eigenvalue weighted by Gasteiger charge is -2.24. The number of fused-ring (bicyclic) bond motifs is 1. The molecule has 2 rings (SSSR count). The predicted octanol–water partition coefficient (Wildman–Crippen LogP) is -0.273. The molecular weight excluding hydrogens is 458 g/mol. The summed E-state index contributed by atoms with van der Waals surface area (Å²) in [5.41, 5.74) is 7.75. The van der Waals surface area contributed by atoms with Crippen LogP contribution in [0.2, 0.25) is 0 Å². The number of carbonyl (C=O) groups is 5. The minimum absolute atomic E-state index is 0.208. The number of carboxylic acids is 2. The molecule has 1 aromatic heterocycles. The Labute approximate surface area is 201 Å². The first-order chi connectivity index (χ1) is 16.4. The third-order valence-electron chi connectivity index (χ3n) is 5.45. The SMILES string of the molecule is CC(NC(=O)C(N)Cc1c[nH]c2ccccc12)C(=O)NC(CC(=O)O)C(=O)NC(C(=O)O)C(C)C. The van der Waals surface area contributed by atoms with E-state index < -0.39 is 66.2 Å². The van der Waals surface area contributed by atoms with E-state index in [1.54, 1.807) is 20.0 Å². The Balaban J connectivity index is 2.00. The summed E-state index contributed by atoms with van der Waals surface area (Å²) < 4.78 is 0. The molecule has 1 heterocycles. The average molecular weight is 490 g/mol. The fraction of sp³-hybridized carbons (Fsp3) is 0.435. The highest BCUT2D eigenvalue weighted by molar-refractivity contribution is 5.95. The maximum absolute atomic E-state index is 12.6. The van der Waals surface area contributed by atoms with Gasteiger partial charge in [0.25, 0.3) is 0 Å². The minimum atomic E-state index is -1.54. The predicted molar refractivity (Wildman–Crippen MR) is 126 cm³/mol. The molecule has 0 aliphatic heterocycles. The molecule has 0 radical (unpaired) electrons. The number of aliphatic carboxylic acids is 2. The second-order valence-corrected chi connectivity index (χ2v) is 8.63. The van der Waals surface area contributed by atoms with Gasteiger partial charge >= 0.3 is 11.9 Å². The van der Waals surface area contributed by atoms with Crippen LogP contribution in [0.15, 0.2) is 30.5 Å². The first-order valence-electron chi connectivity index (χ1n) is 11.1. The van der Waals surface area contributed by atoms with E-state index in [0.29, 0.717) is 0 Å². The highest BCUT2D eigenvalue weighted by Gasteiger charge is 2.31. The summed E-state index contributed by atoms with van der Waals surface area (Å²) in [7, 11) is 0. The van der Waals surface area contributed by atoms with Gasteiger partial charge in [-0.25, -0.2) is 4.79 Å². The first-order valence-corrected chi connectivity index (χ1v) is 11.1. The molecular formula is C23H31N5O7. The number of carbonyl (C=O) groups excluding carboxylic acids is 3. The number of H-pyrrole nitrogens is 1. The maximum Gasteiger partial charge on any atom is 0.326 e. The van der Waals surface area contributed by atoms with Crippen LogP contribution in [-0.4, -0.2) is 69.0 Å². The molecule has 8 N–H and O–H groups in total. The van der Waals surface area contributed by atoms with Crippen molar-refractivity contribution in [1.29, 1.82) is 0 Å². The van der Waals surface area contributed by atoms with E-state index in [2.05, 4.69) is 20.9 Å². The van der Waals surface area contributed by atoms with Gasteiger partial charge in [0.05, 0.1) is 12.5 Å². The maximum atomic E-state index is 12.6. The monoisotopic (exact) mass is 489 g/mol. The van der Waals surface area contributed by atoms with E-state index in [0.717, 1.165) is 16.5 Å². The molecule has 0 saturated carbocycles. The van der Waals surface area contributed by atoms with E-state index in [4.69, 9.17) is 10.8 Å². The lowest BCUT2D eigenvalue weighted by atomic mass is 10.0. The Morgan fingerprint density at radius 2 is 1.60 bits per heavy atom. The number of nitrogens with one attached hydrogen (secondary N) is 4. The van der Waals surface area contributed by atoms with Crippen molar-refractivity contribution in [3.05, 3.63) is 36.0 Å². The van der Waals surface area contributed by atoms with E-state index in [1.807, 2.05) is 24.3 Å². The van der Waals surface area contributed by atoms with Crippen LogP contribution < -0.4 is 21.7 Å². The third kappa shape index (κ3) is 7.54. The highest BCUT2D eigenvalue weighted by Crippen LogP contribution is 2.18. The third-order valence-corrected chi connectivity index (χ3v) is 5.45. The Hall–Kier alpha value is -3.93. The lowest BCUT2D eigenvalue weighted by molar-refractivity contribution is -0.144. The molecule has 0 bridgehead atoms. The quantitative estimate of drug-likeness (QED) is 0.211. The van der Waals surface area contributed by atoms with Gasteiger partial charge in [0.1, 0.15) is 18.1 Å². The molecule has 0 aliphatic rings. The zero-order valence-electron chi connectivity index (χ0n) is 19.7. The summed E-state index contributed by atoms with van der Waals surface area (Å²) in [5.74, 6) is -5.54. The van der Waals surface area contributed by atoms with Crippen molar-refractivity contribution in [3.63, 3.8) is 0 Å². The number of carboxylic acid groups (broad SMARTS) is 2. The molecule has 0 spiro atoms. The first kappa shape index (κ1) is 27.3. The van der Waals surface area contributed by atoms with Gasteiger partial charge in [-0.2, -0.15) is 0 Å². The van der Waals surface area contributed by atoms with Crippen LogP contribution in [0.5, 0.6) is 0 Å². The van der Waals surface area contributed by atoms with Gasteiger partial charge in [-0.15, -0.1) is 0 Å². The van der Waals surface area contributed by atoms with Gasteiger partial charge in [-0.3, -0.25) is 19.2 Å². The summed E-state index contributed by atoms with van der Waals surface area (Å²) in [5, 5.41) is 26.2. The van der Waals surface area contributed by atoms with Crippen molar-refractivity contribution in [3.8, 4) is 0 Å². The summed E-state index contributed by atoms with van der Waals surface area (Å²) in [4.78, 5) is 63.3. The number of hydrogen-bond acceptors (Lipinski definition) is 6. The molecule has 3 amide bonds. The average Bonchev–Trinajstić information content (AvgIpc) is 3.18. The summed E-state index contributed by atoms with van der Waals surface area (Å²) >= 11 is 0. The number of amides is 3. The molecule has 35 heavy (non-hydrogen) atoms. The zero-order valence-corrected chi connectivity index (χ0v) is 19.7. The fourth-order valence-electron chi connectivity index (χ4n) is 3.46. The van der Waals surface area contributed by atoms with Gasteiger partial charge in [0.15, 0.2) is 0 Å². The topological polar surface area (TPSA) is 204 Å². The van der Waals surface area contributed by atoms with Crippen molar-refractivity contribution in [1.82, 2.24) is 20.9 Å². The van der Waals surface area contributed by atoms with Gasteiger partial charge in [0.2, 0.25) is 17.7 Å². The summed E-state index contributed by atoms with van der Waals surface area (Å²) in [6, 6.07) is 2.60. The normalized spacial score (nSPS) is 14.5. The summed E-state index contributed by atoms with van der Waals surface area (Å²) in [6.07, 6.45) is 1.19. The largest absolute Gasteiger partial charge is 0.481 e. The van der Waals surface area contributed by atoms with Gasteiger partial charge in [-0.05, 0) is 30.9 Å². The molecule has 12 heteroatoms. The van der Waals surface area contributed by atoms with Gasteiger partial charge < -0.3 is 36.9 Å². The fourth-order valence-corrected chi connectivity index (χ4v) is 3.46. The highest BCUT2D eigenvalue weighted by atomic mass is 16.4. The molecule has 4 atom stereocenters. The smallest absolute Gasteiger partial charge is 0.326 e. The van der Waals surface area contributed by atoms with E-state index >= 15 is 0 Å². The molecule has 12 nitrogen and oxygen atoms in total. The van der Waals surface area contributed by atoms with E-state index in [-0.39, 0.29) is 6.42 Å². The van der Waals surface area contributed by atoms with Crippen LogP contribution in [0.3, 0.4) is 0 Å². The molecule has 190 valence electrons. The number of para-hydroxylation sites is 1. The zero-order chi connectivity index (χ0) is 26.3. The number of aromatic nitrogens is 1. The van der Waals surface area contributed by atoms with E-state index in [1.165, 1.54) is 6.92 Å². The second-order valence-electron chi connectivity index (χ2n) is 8.63. The number of hydrogen-bond donors (Lipinski definition) is 7. The van der Waals surface area contributed by atoms with Crippen molar-refractivity contribution in [2.24, 2.45) is 11.7 Å². The van der Waals surface area contributed by atoms with Crippen molar-refractivity contribution in [2.75, 3.05) is 0 Å². The van der Waals surface area contributed by atoms with Crippen LogP contribution >= 0.6 is 0 Å². The van der Waals surface area contributed by atoms with Crippen molar-refractivity contribution < 1.29 is 34.2 Å². The lowest BCUT2D eigenvalue weighted by Crippen LogP contribution is -2.57. The Morgan fingerprint density at radius 1 is 0.943 bits per heavy atom. The number of aromatic amines is 1. The minimum Gasteiger partial charge on any atom is -0.481 e. The van der Waals surface area contributed by atoms with E-state index in [9.17, 15) is 29.1 Å². The molecule has 0 saturated heterocycles. The van der Waals surface area contributed by atoms with Crippen LogP contribution in [0, 0.1) is 5.92 Å². The number of benzene rings is 1. The Morgan fingerprint density at radius 3 is 2.20 bits per heavy atom. The Kier molecular flexibility index (Phi) is 9.34. The standard InChI is InChI=1S/C23H31N5O7/c1-11(2)19(23(34)35)28-22(33)17(9-18(29)30)27-20(31)12(3)26-21(32)15(24)8-13-10-25-16-7-5-4-6-14(13)16/h4-7,10-12,15,17,19,25H,8-9,24H2,1-3H3,(H,26,32)(H,27,31)(H,28,33)(H,29,30)(H,34,35). The molecule has 0 fully saturated rings. The second kappa shape index (κ2) is 12.0. The van der Waals surface area contributed by atoms with Crippen LogP contribution in [-0.2, 0) is 30.4 Å². The number of nitrogens with two attached hydrogens (primary N) is 1. The van der Waals surface area contributed by atoms with Crippen LogP contribution in [0.25, 0.3) is 10.9 Å². The molecule has 2 aromatic rings. The van der Waals surface area contributed by atoms with Crippen LogP contribution in [0.4, 0.5) is 0 Å². The van der Waals surface area contributed by atoms with Gasteiger partial charge in [0, 0.05) is 17.1 Å². The Bertz CT molecular complexity index is 1100. The number of rotatable bonds is 12. The molecule has 1 aromatic carbocycles. The van der Waals surface area contributed by atoms with Crippen molar-refractivity contribution in [2.45, 2.75) is 57.8 Å². The van der Waals surface area contributed by atoms with Gasteiger partial charge in [-0.1, -0.05) is 32.0 Å².